The summed E-state index contributed by atoms with van der Waals surface area (Å²) >= 11 is 6.65. The van der Waals surface area contributed by atoms with E-state index < -0.39 is 10.0 Å². The number of rotatable bonds is 3. The van der Waals surface area contributed by atoms with Crippen LogP contribution in [0.15, 0.2) is 56.3 Å². The van der Waals surface area contributed by atoms with Crippen LogP contribution in [0.25, 0.3) is 0 Å². The Morgan fingerprint density at radius 1 is 1.00 bits per heavy atom. The molecule has 0 aromatic heterocycles. The maximum atomic E-state index is 12.2. The van der Waals surface area contributed by atoms with E-state index in [0.717, 1.165) is 10.0 Å². The lowest BCUT2D eigenvalue weighted by molar-refractivity contribution is 0.601. The minimum absolute atomic E-state index is 0.243. The molecule has 0 aliphatic rings. The highest BCUT2D eigenvalue weighted by Gasteiger charge is 2.15. The molecule has 0 unspecified atom stereocenters. The van der Waals surface area contributed by atoms with Gasteiger partial charge in [-0.3, -0.25) is 4.72 Å². The van der Waals surface area contributed by atoms with E-state index in [2.05, 4.69) is 36.6 Å². The van der Waals surface area contributed by atoms with Crippen molar-refractivity contribution < 1.29 is 8.42 Å². The van der Waals surface area contributed by atoms with Crippen LogP contribution in [0, 0.1) is 6.92 Å². The van der Waals surface area contributed by atoms with E-state index in [9.17, 15) is 8.42 Å². The molecule has 2 aromatic carbocycles. The second kappa shape index (κ2) is 5.64. The SMILES string of the molecule is Cc1ccc(S(=O)(=O)Nc2ccc(Br)cc2Br)cc1. The zero-order valence-corrected chi connectivity index (χ0v) is 14.0. The summed E-state index contributed by atoms with van der Waals surface area (Å²) in [5.41, 5.74) is 1.52. The Morgan fingerprint density at radius 2 is 1.63 bits per heavy atom. The molecule has 6 heteroatoms. The van der Waals surface area contributed by atoms with Crippen LogP contribution in [-0.2, 0) is 10.0 Å². The Labute approximate surface area is 129 Å². The van der Waals surface area contributed by atoms with E-state index in [1.807, 2.05) is 6.92 Å². The number of hydrogen-bond donors (Lipinski definition) is 1. The molecule has 2 rings (SSSR count). The second-order valence-corrected chi connectivity index (χ2v) is 7.50. The maximum Gasteiger partial charge on any atom is 0.261 e. The summed E-state index contributed by atoms with van der Waals surface area (Å²) in [5, 5.41) is 0. The molecule has 100 valence electrons. The van der Waals surface area contributed by atoms with E-state index in [0.29, 0.717) is 10.2 Å². The van der Waals surface area contributed by atoms with Crippen molar-refractivity contribution in [1.29, 1.82) is 0 Å². The first kappa shape index (κ1) is 14.6. The van der Waals surface area contributed by atoms with Crippen LogP contribution >= 0.6 is 31.9 Å². The smallest absolute Gasteiger partial charge is 0.261 e. The van der Waals surface area contributed by atoms with Crippen molar-refractivity contribution >= 4 is 47.6 Å². The van der Waals surface area contributed by atoms with Gasteiger partial charge in [0.15, 0.2) is 0 Å². The van der Waals surface area contributed by atoms with Gasteiger partial charge in [0.1, 0.15) is 0 Å². The summed E-state index contributed by atoms with van der Waals surface area (Å²) in [4.78, 5) is 0.243. The van der Waals surface area contributed by atoms with Crippen LogP contribution in [0.2, 0.25) is 0 Å². The highest BCUT2D eigenvalue weighted by atomic mass is 79.9. The third kappa shape index (κ3) is 3.58. The van der Waals surface area contributed by atoms with Crippen molar-refractivity contribution in [2.75, 3.05) is 4.72 Å². The maximum absolute atomic E-state index is 12.2. The lowest BCUT2D eigenvalue weighted by Crippen LogP contribution is -2.13. The number of nitrogens with one attached hydrogen (secondary N) is 1. The van der Waals surface area contributed by atoms with Crippen molar-refractivity contribution in [3.8, 4) is 0 Å². The quantitative estimate of drug-likeness (QED) is 0.827. The molecule has 2 aromatic rings. The topological polar surface area (TPSA) is 46.2 Å². The van der Waals surface area contributed by atoms with Crippen LogP contribution < -0.4 is 4.72 Å². The fourth-order valence-electron chi connectivity index (χ4n) is 1.49. The second-order valence-electron chi connectivity index (χ2n) is 4.04. The van der Waals surface area contributed by atoms with Gasteiger partial charge in [0.05, 0.1) is 10.6 Å². The highest BCUT2D eigenvalue weighted by Crippen LogP contribution is 2.28. The monoisotopic (exact) mass is 403 g/mol. The Hall–Kier alpha value is -0.850. The van der Waals surface area contributed by atoms with E-state index >= 15 is 0 Å². The van der Waals surface area contributed by atoms with Gasteiger partial charge in [0, 0.05) is 8.95 Å². The Bertz CT molecular complexity index is 697. The summed E-state index contributed by atoms with van der Waals surface area (Å²) in [7, 11) is -3.56. The fourth-order valence-corrected chi connectivity index (χ4v) is 3.85. The largest absolute Gasteiger partial charge is 0.278 e. The molecule has 0 amide bonds. The van der Waals surface area contributed by atoms with E-state index in [1.54, 1.807) is 42.5 Å². The van der Waals surface area contributed by atoms with Gasteiger partial charge >= 0.3 is 0 Å². The zero-order valence-electron chi connectivity index (χ0n) is 10.0. The van der Waals surface area contributed by atoms with Crippen molar-refractivity contribution in [1.82, 2.24) is 0 Å². The Morgan fingerprint density at radius 3 is 2.21 bits per heavy atom. The number of aryl methyl sites for hydroxylation is 1. The fraction of sp³-hybridized carbons (Fsp3) is 0.0769. The lowest BCUT2D eigenvalue weighted by atomic mass is 10.2. The van der Waals surface area contributed by atoms with Gasteiger partial charge < -0.3 is 0 Å². The zero-order chi connectivity index (χ0) is 14.0. The molecule has 0 aliphatic heterocycles. The molecule has 0 aliphatic carbocycles. The molecular formula is C13H11Br2NO2S. The summed E-state index contributed by atoms with van der Waals surface area (Å²) in [5.74, 6) is 0. The first-order valence-corrected chi connectivity index (χ1v) is 8.50. The van der Waals surface area contributed by atoms with Crippen molar-refractivity contribution in [2.45, 2.75) is 11.8 Å². The molecule has 1 N–H and O–H groups in total. The summed E-state index contributed by atoms with van der Waals surface area (Å²) in [6.07, 6.45) is 0. The molecule has 0 radical (unpaired) electrons. The third-order valence-electron chi connectivity index (χ3n) is 2.51. The summed E-state index contributed by atoms with van der Waals surface area (Å²) in [6.45, 7) is 1.91. The molecule has 0 atom stereocenters. The van der Waals surface area contributed by atoms with Crippen LogP contribution in [0.1, 0.15) is 5.56 Å². The molecule has 0 heterocycles. The number of halogens is 2. The molecule has 0 spiro atoms. The van der Waals surface area contributed by atoms with Gasteiger partial charge in [0.2, 0.25) is 0 Å². The van der Waals surface area contributed by atoms with E-state index in [4.69, 9.17) is 0 Å². The number of benzene rings is 2. The van der Waals surface area contributed by atoms with Crippen molar-refractivity contribution in [2.24, 2.45) is 0 Å². The molecule has 3 nitrogen and oxygen atoms in total. The third-order valence-corrected chi connectivity index (χ3v) is 5.04. The van der Waals surface area contributed by atoms with Gasteiger partial charge in [0.25, 0.3) is 10.0 Å². The average molecular weight is 405 g/mol. The molecule has 0 bridgehead atoms. The normalized spacial score (nSPS) is 11.3. The summed E-state index contributed by atoms with van der Waals surface area (Å²) in [6, 6.07) is 12.0. The molecule has 0 saturated heterocycles. The van der Waals surface area contributed by atoms with Crippen LogP contribution in [-0.4, -0.2) is 8.42 Å². The Balaban J connectivity index is 2.33. The Kier molecular flexibility index (Phi) is 4.32. The minimum Gasteiger partial charge on any atom is -0.278 e. The number of anilines is 1. The van der Waals surface area contributed by atoms with Gasteiger partial charge in [-0.25, -0.2) is 8.42 Å². The predicted octanol–water partition coefficient (Wildman–Crippen LogP) is 4.32. The highest BCUT2D eigenvalue weighted by molar-refractivity contribution is 9.11. The lowest BCUT2D eigenvalue weighted by Gasteiger charge is -2.10. The molecular weight excluding hydrogens is 394 g/mol. The van der Waals surface area contributed by atoms with Crippen LogP contribution in [0.4, 0.5) is 5.69 Å². The molecule has 0 saturated carbocycles. The first-order valence-electron chi connectivity index (χ1n) is 5.43. The van der Waals surface area contributed by atoms with Crippen molar-refractivity contribution in [3.05, 3.63) is 57.0 Å². The van der Waals surface area contributed by atoms with E-state index in [-0.39, 0.29) is 4.90 Å². The number of sulfonamides is 1. The van der Waals surface area contributed by atoms with E-state index in [1.165, 1.54) is 0 Å². The van der Waals surface area contributed by atoms with Crippen LogP contribution in [0.3, 0.4) is 0 Å². The van der Waals surface area contributed by atoms with Gasteiger partial charge in [-0.15, -0.1) is 0 Å². The van der Waals surface area contributed by atoms with Gasteiger partial charge in [-0.2, -0.15) is 0 Å². The molecule has 0 fully saturated rings. The number of hydrogen-bond acceptors (Lipinski definition) is 2. The standard InChI is InChI=1S/C13H11Br2NO2S/c1-9-2-5-11(6-3-9)19(17,18)16-13-7-4-10(14)8-12(13)15/h2-8,16H,1H3. The average Bonchev–Trinajstić information content (AvgIpc) is 2.33. The van der Waals surface area contributed by atoms with Gasteiger partial charge in [-0.05, 0) is 53.2 Å². The summed E-state index contributed by atoms with van der Waals surface area (Å²) < 4.78 is 28.5. The van der Waals surface area contributed by atoms with Gasteiger partial charge in [-0.1, -0.05) is 33.6 Å². The minimum atomic E-state index is -3.56. The van der Waals surface area contributed by atoms with Crippen LogP contribution in [0.5, 0.6) is 0 Å². The first-order chi connectivity index (χ1) is 8.88. The predicted molar refractivity (Wildman–Crippen MR) is 83.8 cm³/mol. The molecule has 19 heavy (non-hydrogen) atoms. The van der Waals surface area contributed by atoms with Crippen molar-refractivity contribution in [3.63, 3.8) is 0 Å².